The van der Waals surface area contributed by atoms with Gasteiger partial charge in [0.1, 0.15) is 17.1 Å². The van der Waals surface area contributed by atoms with Gasteiger partial charge in [0, 0.05) is 18.3 Å². The molecule has 1 N–H and O–H groups in total. The molecule has 9 atom stereocenters. The molecule has 5 fully saturated rings. The molecule has 6 nitrogen and oxygen atoms in total. The van der Waals surface area contributed by atoms with Crippen molar-refractivity contribution in [2.24, 2.45) is 34.5 Å². The molecule has 5 rings (SSSR count). The van der Waals surface area contributed by atoms with Crippen LogP contribution >= 0.6 is 0 Å². The summed E-state index contributed by atoms with van der Waals surface area (Å²) in [6, 6.07) is 0. The van der Waals surface area contributed by atoms with Gasteiger partial charge in [-0.3, -0.25) is 9.59 Å². The number of carbonyl (C=O) groups is 2. The molecule has 4 bridgehead atoms. The number of hydrogen-bond donors (Lipinski definition) is 1. The van der Waals surface area contributed by atoms with Gasteiger partial charge in [0.25, 0.3) is 0 Å². The van der Waals surface area contributed by atoms with E-state index in [0.29, 0.717) is 25.4 Å². The highest BCUT2D eigenvalue weighted by atomic mass is 16.6. The van der Waals surface area contributed by atoms with Crippen molar-refractivity contribution in [2.45, 2.75) is 56.8 Å². The molecule has 1 saturated heterocycles. The first-order valence-corrected chi connectivity index (χ1v) is 11.3. The van der Waals surface area contributed by atoms with Crippen molar-refractivity contribution in [3.8, 4) is 0 Å². The van der Waals surface area contributed by atoms with Crippen LogP contribution in [0, 0.1) is 34.5 Å². The second-order valence-corrected chi connectivity index (χ2v) is 10.4. The predicted molar refractivity (Wildman–Crippen MR) is 113 cm³/mol. The summed E-state index contributed by atoms with van der Waals surface area (Å²) in [5.74, 6) is -1.91. The molecule has 1 spiro atoms. The molecule has 0 aromatic carbocycles. The molecule has 1 heterocycles. The van der Waals surface area contributed by atoms with Crippen LogP contribution in [0.3, 0.4) is 0 Å². The maximum absolute atomic E-state index is 13.5. The standard InChI is InChI=1S/C25H32O6/c1-5-9-29-16-13-25-17-8-7-15-12-24(17,11-14(15)3)18(21(26)27)19(25)23(4,22(28)31-25)20(16)30-10-6-2/h5-6,15-20H,1-3,7-13H2,4H3,(H,26,27)/t15-,16-,17-,18-,19-,20+,23+,24+,25-/m1/s1. The molecule has 31 heavy (non-hydrogen) atoms. The van der Waals surface area contributed by atoms with E-state index in [1.165, 1.54) is 0 Å². The first kappa shape index (κ1) is 21.0. The second-order valence-electron chi connectivity index (χ2n) is 10.4. The predicted octanol–water partition coefficient (Wildman–Crippen LogP) is 3.53. The van der Waals surface area contributed by atoms with Crippen LogP contribution in [0.25, 0.3) is 0 Å². The average Bonchev–Trinajstić information content (AvgIpc) is 3.18. The smallest absolute Gasteiger partial charge is 0.315 e. The number of fused-ring (bicyclic) bond motifs is 1. The van der Waals surface area contributed by atoms with Crippen LogP contribution in [0.4, 0.5) is 0 Å². The highest BCUT2D eigenvalue weighted by Gasteiger charge is 2.84. The van der Waals surface area contributed by atoms with Gasteiger partial charge in [-0.15, -0.1) is 13.2 Å². The summed E-state index contributed by atoms with van der Waals surface area (Å²) in [7, 11) is 0. The van der Waals surface area contributed by atoms with Crippen molar-refractivity contribution < 1.29 is 28.9 Å². The Balaban J connectivity index is 1.67. The van der Waals surface area contributed by atoms with E-state index >= 15 is 0 Å². The van der Waals surface area contributed by atoms with Crippen molar-refractivity contribution >= 4 is 11.9 Å². The molecule has 4 saturated carbocycles. The summed E-state index contributed by atoms with van der Waals surface area (Å²) in [6.45, 7) is 14.2. The van der Waals surface area contributed by atoms with Crippen molar-refractivity contribution in [2.75, 3.05) is 13.2 Å². The first-order chi connectivity index (χ1) is 14.8. The minimum absolute atomic E-state index is 0.00237. The lowest BCUT2D eigenvalue weighted by atomic mass is 9.58. The Morgan fingerprint density at radius 2 is 1.94 bits per heavy atom. The lowest BCUT2D eigenvalue weighted by Gasteiger charge is -2.48. The lowest BCUT2D eigenvalue weighted by Crippen LogP contribution is -2.60. The quantitative estimate of drug-likeness (QED) is 0.494. The Morgan fingerprint density at radius 1 is 1.23 bits per heavy atom. The van der Waals surface area contributed by atoms with E-state index in [1.807, 2.05) is 6.92 Å². The number of carboxylic acid groups (broad SMARTS) is 1. The molecule has 5 aliphatic rings. The molecule has 0 amide bonds. The van der Waals surface area contributed by atoms with Crippen LogP contribution in [-0.4, -0.2) is 48.1 Å². The summed E-state index contributed by atoms with van der Waals surface area (Å²) in [5.41, 5.74) is -1.17. The van der Waals surface area contributed by atoms with Crippen molar-refractivity contribution in [1.29, 1.82) is 0 Å². The highest BCUT2D eigenvalue weighted by Crippen LogP contribution is 2.78. The van der Waals surface area contributed by atoms with Gasteiger partial charge in [-0.05, 0) is 43.9 Å². The number of carboxylic acids is 1. The number of hydrogen-bond acceptors (Lipinski definition) is 5. The fourth-order valence-electron chi connectivity index (χ4n) is 8.47. The van der Waals surface area contributed by atoms with Crippen LogP contribution in [0.1, 0.15) is 39.0 Å². The molecule has 0 aromatic heterocycles. The van der Waals surface area contributed by atoms with Gasteiger partial charge in [0.05, 0.1) is 25.2 Å². The minimum Gasteiger partial charge on any atom is -0.481 e. The molecule has 0 aromatic rings. The molecule has 6 heteroatoms. The average molecular weight is 429 g/mol. The Labute approximate surface area is 183 Å². The van der Waals surface area contributed by atoms with Crippen molar-refractivity contribution in [3.05, 3.63) is 37.5 Å². The fraction of sp³-hybridized carbons (Fsp3) is 0.680. The number of aliphatic carboxylic acids is 1. The molecule has 4 aliphatic carbocycles. The van der Waals surface area contributed by atoms with Crippen molar-refractivity contribution in [1.82, 2.24) is 0 Å². The number of allylic oxidation sites excluding steroid dienone is 1. The van der Waals surface area contributed by atoms with Gasteiger partial charge in [0.15, 0.2) is 0 Å². The Bertz CT molecular complexity index is 864. The van der Waals surface area contributed by atoms with E-state index in [0.717, 1.165) is 24.8 Å². The zero-order valence-electron chi connectivity index (χ0n) is 18.2. The van der Waals surface area contributed by atoms with Gasteiger partial charge < -0.3 is 19.3 Å². The van der Waals surface area contributed by atoms with Gasteiger partial charge in [-0.25, -0.2) is 0 Å². The summed E-state index contributed by atoms with van der Waals surface area (Å²) in [4.78, 5) is 26.3. The number of esters is 1. The molecular formula is C25H32O6. The highest BCUT2D eigenvalue weighted by molar-refractivity contribution is 5.85. The zero-order valence-corrected chi connectivity index (χ0v) is 18.2. The van der Waals surface area contributed by atoms with E-state index < -0.39 is 40.3 Å². The minimum atomic E-state index is -1.10. The van der Waals surface area contributed by atoms with Crippen LogP contribution in [0.2, 0.25) is 0 Å². The SMILES string of the molecule is C=CCO[C@@H]1C[C@]23OC(=O)[C@](C)([C@H]1OCC=C)[C@H]2[C@H](C(=O)O)[C@]12CC(=C)[C@H](CC[C@H]13)C2. The third-order valence-electron chi connectivity index (χ3n) is 9.23. The fourth-order valence-corrected chi connectivity index (χ4v) is 8.47. The van der Waals surface area contributed by atoms with Crippen LogP contribution in [0.15, 0.2) is 37.5 Å². The molecule has 1 aliphatic heterocycles. The summed E-state index contributed by atoms with van der Waals surface area (Å²) in [6.07, 6.45) is 6.19. The Kier molecular flexibility index (Phi) is 4.59. The molecular weight excluding hydrogens is 396 g/mol. The Hall–Kier alpha value is -1.92. The summed E-state index contributed by atoms with van der Waals surface area (Å²) >= 11 is 0. The number of ether oxygens (including phenoxy) is 3. The lowest BCUT2D eigenvalue weighted by molar-refractivity contribution is -0.179. The first-order valence-electron chi connectivity index (χ1n) is 11.3. The van der Waals surface area contributed by atoms with Gasteiger partial charge in [0.2, 0.25) is 0 Å². The number of carbonyl (C=O) groups excluding carboxylic acids is 1. The topological polar surface area (TPSA) is 82.1 Å². The molecule has 0 unspecified atom stereocenters. The third kappa shape index (κ3) is 2.41. The number of rotatable bonds is 7. The van der Waals surface area contributed by atoms with E-state index in [1.54, 1.807) is 12.2 Å². The third-order valence-corrected chi connectivity index (χ3v) is 9.23. The van der Waals surface area contributed by atoms with Crippen LogP contribution in [-0.2, 0) is 23.8 Å². The summed E-state index contributed by atoms with van der Waals surface area (Å²) in [5, 5.41) is 10.5. The van der Waals surface area contributed by atoms with E-state index in [-0.39, 0.29) is 24.6 Å². The van der Waals surface area contributed by atoms with Crippen LogP contribution in [0.5, 0.6) is 0 Å². The monoisotopic (exact) mass is 428 g/mol. The Morgan fingerprint density at radius 3 is 2.61 bits per heavy atom. The molecule has 0 radical (unpaired) electrons. The molecule has 168 valence electrons. The maximum atomic E-state index is 13.5. The van der Waals surface area contributed by atoms with E-state index in [4.69, 9.17) is 14.2 Å². The van der Waals surface area contributed by atoms with Gasteiger partial charge >= 0.3 is 11.9 Å². The largest absolute Gasteiger partial charge is 0.481 e. The van der Waals surface area contributed by atoms with Crippen molar-refractivity contribution in [3.63, 3.8) is 0 Å². The van der Waals surface area contributed by atoms with Gasteiger partial charge in [-0.2, -0.15) is 0 Å². The van der Waals surface area contributed by atoms with E-state index in [9.17, 15) is 14.7 Å². The van der Waals surface area contributed by atoms with Crippen LogP contribution < -0.4 is 0 Å². The zero-order chi connectivity index (χ0) is 22.2. The maximum Gasteiger partial charge on any atom is 0.315 e. The summed E-state index contributed by atoms with van der Waals surface area (Å²) < 4.78 is 18.6. The second kappa shape index (κ2) is 6.79. The van der Waals surface area contributed by atoms with E-state index in [2.05, 4.69) is 19.7 Å². The normalized spacial score (nSPS) is 49.3. The van der Waals surface area contributed by atoms with Gasteiger partial charge in [-0.1, -0.05) is 24.3 Å².